The van der Waals surface area contributed by atoms with Gasteiger partial charge in [-0.2, -0.15) is 0 Å². The summed E-state index contributed by atoms with van der Waals surface area (Å²) in [5.41, 5.74) is 5.51. The van der Waals surface area contributed by atoms with Crippen LogP contribution in [-0.4, -0.2) is 34.9 Å². The van der Waals surface area contributed by atoms with Crippen LogP contribution in [0.1, 0.15) is 65.2 Å². The zero-order valence-corrected chi connectivity index (χ0v) is 13.4. The van der Waals surface area contributed by atoms with Gasteiger partial charge in [-0.05, 0) is 43.9 Å². The van der Waals surface area contributed by atoms with E-state index in [-0.39, 0.29) is 11.7 Å². The first-order valence-corrected chi connectivity index (χ1v) is 8.31. The average molecular weight is 295 g/mol. The van der Waals surface area contributed by atoms with Crippen molar-refractivity contribution in [3.8, 4) is 0 Å². The van der Waals surface area contributed by atoms with Gasteiger partial charge >= 0.3 is 0 Å². The molecule has 120 valence electrons. The number of carbonyl (C=O) groups is 1. The second kappa shape index (κ2) is 6.24. The minimum atomic E-state index is -0.838. The third kappa shape index (κ3) is 2.74. The molecule has 1 saturated carbocycles. The molecule has 3 N–H and O–H groups in total. The summed E-state index contributed by atoms with van der Waals surface area (Å²) >= 11 is 0. The van der Waals surface area contributed by atoms with Crippen LogP contribution in [0.3, 0.4) is 0 Å². The standard InChI is InChI=1S/C16H29N3O2/c1-3-16(4-2,13(17)18-21)14(20)19-11-9-15(10-12-19)7-5-6-8-15/h21H,3-12H2,1-2H3,(H2,17,18). The largest absolute Gasteiger partial charge is 0.409 e. The molecule has 0 aromatic rings. The topological polar surface area (TPSA) is 78.9 Å². The van der Waals surface area contributed by atoms with E-state index in [9.17, 15) is 4.79 Å². The quantitative estimate of drug-likeness (QED) is 0.362. The van der Waals surface area contributed by atoms with Crippen molar-refractivity contribution >= 4 is 11.7 Å². The maximum Gasteiger partial charge on any atom is 0.236 e. The van der Waals surface area contributed by atoms with Crippen molar-refractivity contribution in [1.29, 1.82) is 0 Å². The Bertz CT molecular complexity index is 400. The van der Waals surface area contributed by atoms with Gasteiger partial charge in [0.05, 0.1) is 0 Å². The van der Waals surface area contributed by atoms with Crippen LogP contribution in [-0.2, 0) is 4.79 Å². The summed E-state index contributed by atoms with van der Waals surface area (Å²) in [5.74, 6) is 0.0919. The molecule has 1 amide bonds. The highest BCUT2D eigenvalue weighted by Gasteiger charge is 2.45. The van der Waals surface area contributed by atoms with Gasteiger partial charge in [0.15, 0.2) is 5.84 Å². The number of hydrogen-bond acceptors (Lipinski definition) is 3. The molecule has 1 spiro atoms. The highest BCUT2D eigenvalue weighted by atomic mass is 16.4. The molecule has 5 nitrogen and oxygen atoms in total. The lowest BCUT2D eigenvalue weighted by Gasteiger charge is -2.43. The van der Waals surface area contributed by atoms with E-state index >= 15 is 0 Å². The Kier molecular flexibility index (Phi) is 4.79. The second-order valence-electron chi connectivity index (χ2n) is 6.77. The molecule has 1 aliphatic heterocycles. The van der Waals surface area contributed by atoms with E-state index in [2.05, 4.69) is 5.16 Å². The Morgan fingerprint density at radius 2 is 1.71 bits per heavy atom. The smallest absolute Gasteiger partial charge is 0.236 e. The monoisotopic (exact) mass is 295 g/mol. The zero-order valence-electron chi connectivity index (χ0n) is 13.4. The van der Waals surface area contributed by atoms with Crippen LogP contribution >= 0.6 is 0 Å². The summed E-state index contributed by atoms with van der Waals surface area (Å²) in [6, 6.07) is 0. The molecular formula is C16H29N3O2. The van der Waals surface area contributed by atoms with Crippen molar-refractivity contribution < 1.29 is 10.0 Å². The molecule has 1 saturated heterocycles. The highest BCUT2D eigenvalue weighted by Crippen LogP contribution is 2.46. The molecule has 5 heteroatoms. The number of piperidine rings is 1. The van der Waals surface area contributed by atoms with Crippen LogP contribution in [0.5, 0.6) is 0 Å². The van der Waals surface area contributed by atoms with Crippen LogP contribution in [0.25, 0.3) is 0 Å². The summed E-state index contributed by atoms with van der Waals surface area (Å²) in [6.45, 7) is 5.50. The van der Waals surface area contributed by atoms with Gasteiger partial charge in [-0.3, -0.25) is 4.79 Å². The molecule has 0 bridgehead atoms. The van der Waals surface area contributed by atoms with Crippen LogP contribution in [0.15, 0.2) is 5.16 Å². The number of carbonyl (C=O) groups excluding carboxylic acids is 1. The lowest BCUT2D eigenvalue weighted by molar-refractivity contribution is -0.141. The molecule has 0 aromatic heterocycles. The molecule has 21 heavy (non-hydrogen) atoms. The zero-order chi connectivity index (χ0) is 15.5. The van der Waals surface area contributed by atoms with Crippen molar-refractivity contribution in [2.45, 2.75) is 65.2 Å². The molecule has 0 radical (unpaired) electrons. The SMILES string of the molecule is CCC(CC)(C(=O)N1CCC2(CCCC2)CC1)C(N)=NO. The molecule has 2 fully saturated rings. The molecule has 0 unspecified atom stereocenters. The molecular weight excluding hydrogens is 266 g/mol. The molecule has 0 atom stereocenters. The third-order valence-corrected chi connectivity index (χ3v) is 5.99. The van der Waals surface area contributed by atoms with Crippen molar-refractivity contribution in [2.24, 2.45) is 21.7 Å². The molecule has 0 aromatic carbocycles. The van der Waals surface area contributed by atoms with E-state index < -0.39 is 5.41 Å². The van der Waals surface area contributed by atoms with Crippen LogP contribution in [0.4, 0.5) is 0 Å². The normalized spacial score (nSPS) is 22.8. The molecule has 2 rings (SSSR count). The van der Waals surface area contributed by atoms with Crippen molar-refractivity contribution in [3.05, 3.63) is 0 Å². The van der Waals surface area contributed by atoms with E-state index in [4.69, 9.17) is 10.9 Å². The third-order valence-electron chi connectivity index (χ3n) is 5.99. The first-order valence-electron chi connectivity index (χ1n) is 8.31. The van der Waals surface area contributed by atoms with Crippen molar-refractivity contribution in [1.82, 2.24) is 4.90 Å². The first kappa shape index (κ1) is 16.1. The number of amidine groups is 1. The van der Waals surface area contributed by atoms with Crippen LogP contribution in [0.2, 0.25) is 0 Å². The summed E-state index contributed by atoms with van der Waals surface area (Å²) in [4.78, 5) is 14.9. The fourth-order valence-electron chi connectivity index (χ4n) is 4.23. The van der Waals surface area contributed by atoms with Crippen molar-refractivity contribution in [2.75, 3.05) is 13.1 Å². The van der Waals surface area contributed by atoms with E-state index in [1.807, 2.05) is 18.7 Å². The van der Waals surface area contributed by atoms with Crippen molar-refractivity contribution in [3.63, 3.8) is 0 Å². The number of rotatable bonds is 4. The first-order chi connectivity index (χ1) is 10.0. The number of oxime groups is 1. The Labute approximate surface area is 127 Å². The van der Waals surface area contributed by atoms with Gasteiger partial charge in [-0.15, -0.1) is 0 Å². The van der Waals surface area contributed by atoms with Gasteiger partial charge in [0, 0.05) is 13.1 Å². The number of hydrogen-bond donors (Lipinski definition) is 2. The Balaban J connectivity index is 2.09. The average Bonchev–Trinajstić information content (AvgIpc) is 2.97. The Hall–Kier alpha value is -1.26. The molecule has 1 aliphatic carbocycles. The van der Waals surface area contributed by atoms with Gasteiger partial charge in [0.1, 0.15) is 5.41 Å². The van der Waals surface area contributed by atoms with E-state index in [0.717, 1.165) is 25.9 Å². The lowest BCUT2D eigenvalue weighted by atomic mass is 9.75. The lowest BCUT2D eigenvalue weighted by Crippen LogP contribution is -2.53. The van der Waals surface area contributed by atoms with Gasteiger partial charge in [0.2, 0.25) is 5.91 Å². The number of amides is 1. The summed E-state index contributed by atoms with van der Waals surface area (Å²) in [7, 11) is 0. The maximum absolute atomic E-state index is 12.9. The molecule has 2 aliphatic rings. The number of likely N-dealkylation sites (tertiary alicyclic amines) is 1. The molecule has 1 heterocycles. The minimum Gasteiger partial charge on any atom is -0.409 e. The summed E-state index contributed by atoms with van der Waals surface area (Å²) < 4.78 is 0. The Morgan fingerprint density at radius 1 is 1.19 bits per heavy atom. The van der Waals surface area contributed by atoms with Gasteiger partial charge in [0.25, 0.3) is 0 Å². The predicted molar refractivity (Wildman–Crippen MR) is 83.1 cm³/mol. The predicted octanol–water partition coefficient (Wildman–Crippen LogP) is 2.72. The van der Waals surface area contributed by atoms with E-state index in [1.165, 1.54) is 25.7 Å². The van der Waals surface area contributed by atoms with Gasteiger partial charge in [-0.25, -0.2) is 0 Å². The highest BCUT2D eigenvalue weighted by molar-refractivity contribution is 6.06. The van der Waals surface area contributed by atoms with Crippen LogP contribution in [0, 0.1) is 10.8 Å². The van der Waals surface area contributed by atoms with E-state index in [0.29, 0.717) is 18.3 Å². The number of nitrogens with two attached hydrogens (primary N) is 1. The van der Waals surface area contributed by atoms with Gasteiger partial charge < -0.3 is 15.8 Å². The van der Waals surface area contributed by atoms with Crippen LogP contribution < -0.4 is 5.73 Å². The van der Waals surface area contributed by atoms with E-state index in [1.54, 1.807) is 0 Å². The van der Waals surface area contributed by atoms with Gasteiger partial charge in [-0.1, -0.05) is 31.8 Å². The maximum atomic E-state index is 12.9. The number of nitrogens with zero attached hydrogens (tertiary/aromatic N) is 2. The second-order valence-corrected chi connectivity index (χ2v) is 6.77. The fraction of sp³-hybridized carbons (Fsp3) is 0.875. The minimum absolute atomic E-state index is 0.0376. The fourth-order valence-corrected chi connectivity index (χ4v) is 4.23. The Morgan fingerprint density at radius 3 is 2.14 bits per heavy atom. The summed E-state index contributed by atoms with van der Waals surface area (Å²) in [6.07, 6.45) is 8.68. The summed E-state index contributed by atoms with van der Waals surface area (Å²) in [5, 5.41) is 12.2.